The van der Waals surface area contributed by atoms with Crippen LogP contribution >= 0.6 is 34.8 Å². The highest BCUT2D eigenvalue weighted by Crippen LogP contribution is 2.29. The molecule has 2 aromatic carbocycles. The van der Waals surface area contributed by atoms with Crippen LogP contribution in [-0.4, -0.2) is 21.7 Å². The summed E-state index contributed by atoms with van der Waals surface area (Å²) in [5, 5.41) is 10.3. The van der Waals surface area contributed by atoms with Crippen molar-refractivity contribution < 1.29 is 14.0 Å². The average Bonchev–Trinajstić information content (AvgIpc) is 3.10. The van der Waals surface area contributed by atoms with Crippen molar-refractivity contribution in [2.45, 2.75) is 26.4 Å². The number of halogens is 4. The molecular formula is C21H19Cl3FN5O2. The summed E-state index contributed by atoms with van der Waals surface area (Å²) < 4.78 is 15.6. The van der Waals surface area contributed by atoms with Crippen LogP contribution in [0.1, 0.15) is 29.4 Å². The maximum absolute atomic E-state index is 14.0. The lowest BCUT2D eigenvalue weighted by Crippen LogP contribution is -2.30. The van der Waals surface area contributed by atoms with Gasteiger partial charge in [-0.25, -0.2) is 9.18 Å². The molecule has 0 saturated carbocycles. The highest BCUT2D eigenvalue weighted by Gasteiger charge is 2.24. The number of benzene rings is 2. The van der Waals surface area contributed by atoms with Crippen LogP contribution in [-0.2, 0) is 13.1 Å². The highest BCUT2D eigenvalue weighted by molar-refractivity contribution is 6.42. The van der Waals surface area contributed by atoms with Crippen molar-refractivity contribution in [2.24, 2.45) is 5.73 Å². The number of carbonyl (C=O) groups is 2. The van der Waals surface area contributed by atoms with Gasteiger partial charge in [-0.15, -0.1) is 0 Å². The first-order valence-electron chi connectivity index (χ1n) is 9.56. The van der Waals surface area contributed by atoms with Crippen molar-refractivity contribution in [3.63, 3.8) is 0 Å². The van der Waals surface area contributed by atoms with Gasteiger partial charge in [0.1, 0.15) is 11.5 Å². The first-order valence-corrected chi connectivity index (χ1v) is 10.7. The lowest BCUT2D eigenvalue weighted by atomic mass is 10.0. The Bertz CT molecular complexity index is 1180. The fraction of sp³-hybridized carbons (Fsp3) is 0.190. The molecule has 3 amide bonds. The molecule has 7 nitrogen and oxygen atoms in total. The molecule has 0 aliphatic rings. The Labute approximate surface area is 198 Å². The van der Waals surface area contributed by atoms with Gasteiger partial charge in [0.15, 0.2) is 0 Å². The Balaban J connectivity index is 1.89. The van der Waals surface area contributed by atoms with Gasteiger partial charge >= 0.3 is 6.03 Å². The molecule has 11 heteroatoms. The third kappa shape index (κ3) is 5.32. The zero-order chi connectivity index (χ0) is 23.4. The van der Waals surface area contributed by atoms with Crippen molar-refractivity contribution in [1.29, 1.82) is 0 Å². The van der Waals surface area contributed by atoms with E-state index < -0.39 is 17.8 Å². The molecule has 3 rings (SSSR count). The standard InChI is InChI=1S/C21H19Cl3FN5O2/c1-2-7-30-17(10-27-21(32)28-12-4-6-13(22)15(24)9-12)18(20(26)31)19(29-30)11-3-5-14(23)16(25)8-11/h3-6,8-9H,2,7,10H2,1H3,(H2,26,31)(H2,27,28,32). The van der Waals surface area contributed by atoms with Crippen LogP contribution in [0.3, 0.4) is 0 Å². The summed E-state index contributed by atoms with van der Waals surface area (Å²) in [4.78, 5) is 24.7. The van der Waals surface area contributed by atoms with E-state index in [0.717, 1.165) is 0 Å². The highest BCUT2D eigenvalue weighted by atomic mass is 35.5. The van der Waals surface area contributed by atoms with E-state index in [1.165, 1.54) is 18.2 Å². The number of aromatic nitrogens is 2. The summed E-state index contributed by atoms with van der Waals surface area (Å²) in [5.74, 6) is -1.40. The number of nitrogens with zero attached hydrogens (tertiary/aromatic N) is 2. The second kappa shape index (κ2) is 10.2. The number of aryl methyl sites for hydroxylation is 1. The molecule has 0 atom stereocenters. The van der Waals surface area contributed by atoms with E-state index in [2.05, 4.69) is 15.7 Å². The third-order valence-corrected chi connectivity index (χ3v) is 5.57. The SMILES string of the molecule is CCCn1nc(-c2ccc(Cl)c(F)c2)c(C(N)=O)c1CNC(=O)Nc1ccc(Cl)c(Cl)c1. The molecule has 1 aromatic heterocycles. The topological polar surface area (TPSA) is 102 Å². The fourth-order valence-electron chi connectivity index (χ4n) is 3.09. The normalized spacial score (nSPS) is 10.8. The first-order chi connectivity index (χ1) is 15.2. The first kappa shape index (κ1) is 23.8. The fourth-order valence-corrected chi connectivity index (χ4v) is 3.51. The maximum Gasteiger partial charge on any atom is 0.319 e. The van der Waals surface area contributed by atoms with Crippen LogP contribution in [0.2, 0.25) is 15.1 Å². The number of amides is 3. The second-order valence-electron chi connectivity index (χ2n) is 6.82. The van der Waals surface area contributed by atoms with Gasteiger partial charge in [-0.1, -0.05) is 47.8 Å². The van der Waals surface area contributed by atoms with Gasteiger partial charge in [-0.05, 0) is 36.8 Å². The monoisotopic (exact) mass is 497 g/mol. The Morgan fingerprint density at radius 3 is 2.44 bits per heavy atom. The van der Waals surface area contributed by atoms with Crippen LogP contribution in [0.5, 0.6) is 0 Å². The van der Waals surface area contributed by atoms with Crippen LogP contribution in [0.25, 0.3) is 11.3 Å². The van der Waals surface area contributed by atoms with E-state index in [9.17, 15) is 14.0 Å². The molecule has 32 heavy (non-hydrogen) atoms. The molecule has 0 aliphatic carbocycles. The second-order valence-corrected chi connectivity index (χ2v) is 8.04. The van der Waals surface area contributed by atoms with Crippen LogP contribution in [0, 0.1) is 5.82 Å². The summed E-state index contributed by atoms with van der Waals surface area (Å²) in [6, 6.07) is 8.22. The molecule has 0 fully saturated rings. The van der Waals surface area contributed by atoms with E-state index in [1.807, 2.05) is 6.92 Å². The minimum Gasteiger partial charge on any atom is -0.365 e. The smallest absolute Gasteiger partial charge is 0.319 e. The molecule has 1 heterocycles. The van der Waals surface area contributed by atoms with Crippen molar-refractivity contribution in [3.05, 3.63) is 68.5 Å². The molecular weight excluding hydrogens is 480 g/mol. The average molecular weight is 499 g/mol. The number of hydrogen-bond donors (Lipinski definition) is 3. The number of nitrogens with one attached hydrogen (secondary N) is 2. The molecule has 0 spiro atoms. The molecule has 0 unspecified atom stereocenters. The van der Waals surface area contributed by atoms with Crippen LogP contribution in [0.15, 0.2) is 36.4 Å². The molecule has 0 aliphatic heterocycles. The van der Waals surface area contributed by atoms with E-state index in [-0.39, 0.29) is 22.8 Å². The molecule has 3 aromatic rings. The Hall–Kier alpha value is -2.81. The van der Waals surface area contributed by atoms with Gasteiger partial charge in [0.05, 0.1) is 32.9 Å². The minimum absolute atomic E-state index is 0.0471. The Kier molecular flexibility index (Phi) is 7.60. The van der Waals surface area contributed by atoms with Crippen molar-refractivity contribution in [1.82, 2.24) is 15.1 Å². The van der Waals surface area contributed by atoms with Crippen molar-refractivity contribution in [3.8, 4) is 11.3 Å². The van der Waals surface area contributed by atoms with Gasteiger partial charge in [0, 0.05) is 17.8 Å². The van der Waals surface area contributed by atoms with Gasteiger partial charge < -0.3 is 16.4 Å². The van der Waals surface area contributed by atoms with E-state index in [1.54, 1.807) is 22.9 Å². The van der Waals surface area contributed by atoms with Crippen LogP contribution in [0.4, 0.5) is 14.9 Å². The summed E-state index contributed by atoms with van der Waals surface area (Å²) in [6.45, 7) is 2.34. The van der Waals surface area contributed by atoms with E-state index in [0.29, 0.717) is 40.0 Å². The van der Waals surface area contributed by atoms with E-state index >= 15 is 0 Å². The third-order valence-electron chi connectivity index (χ3n) is 4.53. The van der Waals surface area contributed by atoms with Gasteiger partial charge in [0.25, 0.3) is 5.91 Å². The number of anilines is 1. The lowest BCUT2D eigenvalue weighted by molar-refractivity contribution is 0.0999. The van der Waals surface area contributed by atoms with Crippen LogP contribution < -0.4 is 16.4 Å². The Morgan fingerprint density at radius 1 is 1.09 bits per heavy atom. The van der Waals surface area contributed by atoms with Crippen molar-refractivity contribution >= 4 is 52.4 Å². The number of hydrogen-bond acceptors (Lipinski definition) is 3. The van der Waals surface area contributed by atoms with Gasteiger partial charge in [-0.2, -0.15) is 5.10 Å². The number of urea groups is 1. The number of carbonyl (C=O) groups excluding carboxylic acids is 2. The largest absolute Gasteiger partial charge is 0.365 e. The Morgan fingerprint density at radius 2 is 1.81 bits per heavy atom. The molecule has 0 bridgehead atoms. The number of primary amides is 1. The number of rotatable bonds is 7. The summed E-state index contributed by atoms with van der Waals surface area (Å²) >= 11 is 17.6. The minimum atomic E-state index is -0.751. The summed E-state index contributed by atoms with van der Waals surface area (Å²) in [6.07, 6.45) is 0.705. The zero-order valence-electron chi connectivity index (χ0n) is 16.9. The molecule has 168 valence electrons. The van der Waals surface area contributed by atoms with E-state index in [4.69, 9.17) is 40.5 Å². The van der Waals surface area contributed by atoms with Gasteiger partial charge in [0.2, 0.25) is 0 Å². The quantitative estimate of drug-likeness (QED) is 0.402. The summed E-state index contributed by atoms with van der Waals surface area (Å²) in [7, 11) is 0. The summed E-state index contributed by atoms with van der Waals surface area (Å²) in [5.41, 5.74) is 7.11. The zero-order valence-corrected chi connectivity index (χ0v) is 19.2. The van der Waals surface area contributed by atoms with Crippen molar-refractivity contribution in [2.75, 3.05) is 5.32 Å². The lowest BCUT2D eigenvalue weighted by Gasteiger charge is -2.11. The molecule has 4 N–H and O–H groups in total. The van der Waals surface area contributed by atoms with Gasteiger partial charge in [-0.3, -0.25) is 9.48 Å². The number of nitrogens with two attached hydrogens (primary N) is 1. The molecule has 0 radical (unpaired) electrons. The predicted octanol–water partition coefficient (Wildman–Crippen LogP) is 5.48. The maximum atomic E-state index is 14.0. The molecule has 0 saturated heterocycles. The predicted molar refractivity (Wildman–Crippen MR) is 124 cm³/mol.